The smallest absolute Gasteiger partial charge is 0.121 e. The Morgan fingerprint density at radius 1 is 1.44 bits per heavy atom. The molecule has 0 spiro atoms. The van der Waals surface area contributed by atoms with Crippen LogP contribution in [0.1, 0.15) is 0 Å². The van der Waals surface area contributed by atoms with Crippen molar-refractivity contribution in [3.63, 3.8) is 0 Å². The Kier molecular flexibility index (Phi) is 73.9. The van der Waals surface area contributed by atoms with Crippen LogP contribution in [0.4, 0.5) is 0 Å². The van der Waals surface area contributed by atoms with Crippen LogP contribution >= 0.6 is 8.25 Å². The van der Waals surface area contributed by atoms with E-state index in [4.69, 9.17) is 0 Å². The van der Waals surface area contributed by atoms with E-state index in [-0.39, 0.29) is 93.9 Å². The predicted octanol–water partition coefficient (Wildman–Crippen LogP) is -0.174. The summed E-state index contributed by atoms with van der Waals surface area (Å²) in [5.74, 6) is 0. The summed E-state index contributed by atoms with van der Waals surface area (Å²) in [5.41, 5.74) is 0. The van der Waals surface area contributed by atoms with Gasteiger partial charge in [0.2, 0.25) is 0 Å². The third kappa shape index (κ3) is 35.5. The summed E-state index contributed by atoms with van der Waals surface area (Å²) in [5, 5.41) is 0. The third-order valence-electron chi connectivity index (χ3n) is 0.167. The first-order valence-electron chi connectivity index (χ1n) is 1.02. The van der Waals surface area contributed by atoms with E-state index in [0.717, 1.165) is 7.11 Å². The van der Waals surface area contributed by atoms with Crippen molar-refractivity contribution in [2.24, 2.45) is 0 Å². The Morgan fingerprint density at radius 3 is 1.56 bits per heavy atom. The first-order chi connectivity index (χ1) is 2.27. The average Bonchev–Trinajstić information content (AvgIpc) is 1.38. The van der Waals surface area contributed by atoms with Crippen LogP contribution in [0, 0.1) is 7.43 Å². The molecule has 7 heteroatoms. The molecule has 0 bridgehead atoms. The van der Waals surface area contributed by atoms with E-state index >= 15 is 0 Å². The summed E-state index contributed by atoms with van der Waals surface area (Å²) in [7, 11) is -1.75. The molecule has 0 N–H and O–H groups in total. The second-order valence-corrected chi connectivity index (χ2v) is 1.36. The SMILES string of the molecule is CO[PH](=O)[O-].[CH3-].[W].[Y].[Y]. The van der Waals surface area contributed by atoms with Crippen molar-refractivity contribution in [1.29, 1.82) is 0 Å². The van der Waals surface area contributed by atoms with Crippen LogP contribution in [-0.2, 0) is 95.6 Å². The zero-order valence-electron chi connectivity index (χ0n) is 5.29. The summed E-state index contributed by atoms with van der Waals surface area (Å²) in [4.78, 5) is 9.22. The first-order valence-corrected chi connectivity index (χ1v) is 2.25. The van der Waals surface area contributed by atoms with Crippen molar-refractivity contribution < 1.29 is 100 Å². The fourth-order valence-corrected chi connectivity index (χ4v) is 0. The van der Waals surface area contributed by atoms with Crippen LogP contribution in [0.3, 0.4) is 0 Å². The molecule has 0 aliphatic rings. The van der Waals surface area contributed by atoms with Crippen molar-refractivity contribution in [1.82, 2.24) is 0 Å². The molecule has 0 aliphatic heterocycles. The van der Waals surface area contributed by atoms with Crippen molar-refractivity contribution in [2.45, 2.75) is 0 Å². The number of rotatable bonds is 1. The topological polar surface area (TPSA) is 49.4 Å². The Labute approximate surface area is 121 Å². The fraction of sp³-hybridized carbons (Fsp3) is 0.500. The molecular formula is C2H7O3PWY2-2. The second kappa shape index (κ2) is 22.5. The van der Waals surface area contributed by atoms with Crippen LogP contribution in [-0.4, -0.2) is 7.11 Å². The minimum absolute atomic E-state index is 0. The van der Waals surface area contributed by atoms with Crippen molar-refractivity contribution in [3.05, 3.63) is 7.43 Å². The Hall–Kier alpha value is 3.05. The molecule has 0 aromatic rings. The quantitative estimate of drug-likeness (QED) is 0.394. The maximum absolute atomic E-state index is 9.22. The molecule has 0 aromatic carbocycles. The van der Waals surface area contributed by atoms with Gasteiger partial charge in [-0.2, -0.15) is 0 Å². The molecule has 1 unspecified atom stereocenters. The van der Waals surface area contributed by atoms with E-state index in [9.17, 15) is 9.46 Å². The molecule has 0 fully saturated rings. The van der Waals surface area contributed by atoms with Gasteiger partial charge in [0.1, 0.15) is 8.25 Å². The average molecular weight is 472 g/mol. The predicted molar refractivity (Wildman–Crippen MR) is 22.4 cm³/mol. The van der Waals surface area contributed by atoms with Gasteiger partial charge in [0, 0.05) is 93.6 Å². The van der Waals surface area contributed by atoms with Crippen molar-refractivity contribution in [3.8, 4) is 0 Å². The Bertz CT molecular complexity index is 55.1. The van der Waals surface area contributed by atoms with Gasteiger partial charge in [-0.05, 0) is 0 Å². The van der Waals surface area contributed by atoms with E-state index in [2.05, 4.69) is 4.52 Å². The van der Waals surface area contributed by atoms with Crippen LogP contribution in [0.25, 0.3) is 0 Å². The summed E-state index contributed by atoms with van der Waals surface area (Å²) in [6, 6.07) is 0. The summed E-state index contributed by atoms with van der Waals surface area (Å²) >= 11 is 0. The van der Waals surface area contributed by atoms with Gasteiger partial charge in [-0.1, -0.05) is 0 Å². The van der Waals surface area contributed by atoms with Crippen LogP contribution in [0.2, 0.25) is 0 Å². The molecule has 3 nitrogen and oxygen atoms in total. The van der Waals surface area contributed by atoms with Crippen molar-refractivity contribution in [2.75, 3.05) is 7.11 Å². The fourth-order valence-electron chi connectivity index (χ4n) is 0. The Balaban J connectivity index is -0.0000000133. The van der Waals surface area contributed by atoms with Gasteiger partial charge in [-0.15, -0.1) is 0 Å². The minimum atomic E-state index is -2.87. The standard InChI is InChI=1S/CH5O3P.CH3.W.2Y/c1-4-5(2)3;;;;/h5H,1H3,(H,2,3);1H3;;;/q;-1;;;/p-1. The molecule has 0 aliphatic carbocycles. The molecule has 52 valence electrons. The number of hydrogen-bond donors (Lipinski definition) is 0. The largest absolute Gasteiger partial charge is 0.781 e. The van der Waals surface area contributed by atoms with Crippen molar-refractivity contribution >= 4 is 8.25 Å². The number of hydrogen-bond acceptors (Lipinski definition) is 3. The van der Waals surface area contributed by atoms with Gasteiger partial charge < -0.3 is 21.4 Å². The zero-order chi connectivity index (χ0) is 4.28. The van der Waals surface area contributed by atoms with E-state index in [0.29, 0.717) is 0 Å². The maximum atomic E-state index is 9.22. The van der Waals surface area contributed by atoms with Gasteiger partial charge in [-0.25, -0.2) is 0 Å². The minimum Gasteiger partial charge on any atom is -0.781 e. The summed E-state index contributed by atoms with van der Waals surface area (Å²) in [6.07, 6.45) is 0. The molecule has 0 saturated heterocycles. The molecule has 1 atom stereocenters. The third-order valence-corrected chi connectivity index (χ3v) is 0.500. The first kappa shape index (κ1) is 29.6. The molecule has 0 aromatic heterocycles. The maximum Gasteiger partial charge on any atom is 0.121 e. The van der Waals surface area contributed by atoms with Crippen LogP contribution in [0.5, 0.6) is 0 Å². The molecule has 0 amide bonds. The van der Waals surface area contributed by atoms with E-state index in [1.54, 1.807) is 0 Å². The summed E-state index contributed by atoms with van der Waals surface area (Å²) < 4.78 is 13.0. The van der Waals surface area contributed by atoms with Crippen LogP contribution < -0.4 is 4.89 Å². The Morgan fingerprint density at radius 2 is 1.56 bits per heavy atom. The van der Waals surface area contributed by atoms with Gasteiger partial charge in [0.25, 0.3) is 0 Å². The summed E-state index contributed by atoms with van der Waals surface area (Å²) in [6.45, 7) is 0. The molecule has 9 heavy (non-hydrogen) atoms. The van der Waals surface area contributed by atoms with E-state index in [1.807, 2.05) is 0 Å². The van der Waals surface area contributed by atoms with Gasteiger partial charge in [0.15, 0.2) is 0 Å². The molecule has 0 rings (SSSR count). The molecule has 2 radical (unpaired) electrons. The van der Waals surface area contributed by atoms with E-state index in [1.165, 1.54) is 0 Å². The zero-order valence-corrected chi connectivity index (χ0v) is 14.9. The van der Waals surface area contributed by atoms with Gasteiger partial charge in [0.05, 0.1) is 0 Å². The van der Waals surface area contributed by atoms with E-state index < -0.39 is 8.25 Å². The molecule has 0 heterocycles. The normalized spacial score (nSPS) is 8.22. The molecular weight excluding hydrogens is 465 g/mol. The van der Waals surface area contributed by atoms with Crippen LogP contribution in [0.15, 0.2) is 0 Å². The van der Waals surface area contributed by atoms with Gasteiger partial charge >= 0.3 is 0 Å². The molecule has 0 saturated carbocycles. The van der Waals surface area contributed by atoms with Gasteiger partial charge in [-0.3, -0.25) is 0 Å². The second-order valence-electron chi connectivity index (χ2n) is 0.454. The monoisotopic (exact) mass is 472 g/mol.